The van der Waals surface area contributed by atoms with Gasteiger partial charge < -0.3 is 5.73 Å². The Morgan fingerprint density at radius 2 is 1.83 bits per heavy atom. The van der Waals surface area contributed by atoms with Gasteiger partial charge >= 0.3 is 0 Å². The number of nitrogens with two attached hydrogens (primary N) is 1. The summed E-state index contributed by atoms with van der Waals surface area (Å²) >= 11 is 1.74. The first-order valence-corrected chi connectivity index (χ1v) is 9.64. The number of hydrogen-bond acceptors (Lipinski definition) is 3. The molecular formula is C18H17NO2S2. The van der Waals surface area contributed by atoms with Crippen molar-refractivity contribution in [3.8, 4) is 10.4 Å². The molecule has 0 bridgehead atoms. The van der Waals surface area contributed by atoms with Gasteiger partial charge in [-0.15, -0.1) is 11.3 Å². The van der Waals surface area contributed by atoms with Gasteiger partial charge in [0.25, 0.3) is 0 Å². The maximum absolute atomic E-state index is 12.2. The van der Waals surface area contributed by atoms with E-state index in [1.807, 2.05) is 30.3 Å². The fraction of sp³-hybridized carbons (Fsp3) is 0.167. The molecule has 0 saturated carbocycles. The zero-order chi connectivity index (χ0) is 16.2. The molecule has 3 nitrogen and oxygen atoms in total. The van der Waals surface area contributed by atoms with Crippen LogP contribution in [0.1, 0.15) is 12.0 Å². The highest BCUT2D eigenvalue weighted by molar-refractivity contribution is 7.84. The SMILES string of the molecule is NC(=O)CCS(=O)Cc1ccccc1-c1cc2ccccc2s1. The van der Waals surface area contributed by atoms with Crippen LogP contribution in [0.25, 0.3) is 20.5 Å². The second kappa shape index (κ2) is 7.06. The van der Waals surface area contributed by atoms with Crippen molar-refractivity contribution in [2.45, 2.75) is 12.2 Å². The molecule has 0 spiro atoms. The Morgan fingerprint density at radius 3 is 2.61 bits per heavy atom. The normalized spacial score (nSPS) is 12.3. The predicted octanol–water partition coefficient (Wildman–Crippen LogP) is 3.69. The number of benzene rings is 2. The second-order valence-corrected chi connectivity index (χ2v) is 7.97. The Hall–Kier alpha value is -1.98. The average molecular weight is 343 g/mol. The van der Waals surface area contributed by atoms with Crippen molar-refractivity contribution >= 4 is 38.1 Å². The lowest BCUT2D eigenvalue weighted by atomic mass is 10.1. The van der Waals surface area contributed by atoms with E-state index in [9.17, 15) is 9.00 Å². The third kappa shape index (κ3) is 3.86. The van der Waals surface area contributed by atoms with Crippen molar-refractivity contribution in [2.24, 2.45) is 5.73 Å². The molecule has 118 valence electrons. The van der Waals surface area contributed by atoms with Gasteiger partial charge in [0, 0.05) is 38.3 Å². The summed E-state index contributed by atoms with van der Waals surface area (Å²) in [6, 6.07) is 18.5. The molecule has 0 fully saturated rings. The molecule has 3 rings (SSSR count). The van der Waals surface area contributed by atoms with E-state index >= 15 is 0 Å². The number of fused-ring (bicyclic) bond motifs is 1. The van der Waals surface area contributed by atoms with E-state index in [1.165, 1.54) is 15.0 Å². The van der Waals surface area contributed by atoms with Crippen LogP contribution in [-0.4, -0.2) is 15.9 Å². The number of thiophene rings is 1. The topological polar surface area (TPSA) is 60.2 Å². The monoisotopic (exact) mass is 343 g/mol. The molecule has 1 aromatic heterocycles. The number of carbonyl (C=O) groups is 1. The number of amides is 1. The molecule has 0 radical (unpaired) electrons. The number of primary amides is 1. The molecule has 23 heavy (non-hydrogen) atoms. The fourth-order valence-electron chi connectivity index (χ4n) is 2.46. The summed E-state index contributed by atoms with van der Waals surface area (Å²) < 4.78 is 13.4. The summed E-state index contributed by atoms with van der Waals surface area (Å²) in [5, 5.41) is 1.22. The predicted molar refractivity (Wildman–Crippen MR) is 97.8 cm³/mol. The van der Waals surface area contributed by atoms with Gasteiger partial charge in [-0.3, -0.25) is 9.00 Å². The molecule has 1 atom stereocenters. The van der Waals surface area contributed by atoms with Crippen LogP contribution < -0.4 is 5.73 Å². The minimum atomic E-state index is -1.09. The van der Waals surface area contributed by atoms with Crippen LogP contribution in [0.3, 0.4) is 0 Å². The van der Waals surface area contributed by atoms with E-state index in [2.05, 4.69) is 24.3 Å². The second-order valence-electron chi connectivity index (χ2n) is 5.31. The quantitative estimate of drug-likeness (QED) is 0.742. The first-order valence-electron chi connectivity index (χ1n) is 7.33. The van der Waals surface area contributed by atoms with Crippen LogP contribution >= 0.6 is 11.3 Å². The summed E-state index contributed by atoms with van der Waals surface area (Å²) in [4.78, 5) is 12.0. The molecule has 3 aromatic rings. The Bertz CT molecular complexity index is 837. The standard InChI is InChI=1S/C18H17NO2S2/c19-18(20)9-10-23(21)12-14-6-1-3-7-15(14)17-11-13-5-2-4-8-16(13)22-17/h1-8,11H,9-10,12H2,(H2,19,20). The smallest absolute Gasteiger partial charge is 0.218 e. The molecule has 1 unspecified atom stereocenters. The van der Waals surface area contributed by atoms with Gasteiger partial charge in [-0.25, -0.2) is 0 Å². The maximum Gasteiger partial charge on any atom is 0.218 e. The van der Waals surface area contributed by atoms with Crippen LogP contribution in [0.5, 0.6) is 0 Å². The van der Waals surface area contributed by atoms with Crippen molar-refractivity contribution in [1.29, 1.82) is 0 Å². The van der Waals surface area contributed by atoms with Gasteiger partial charge in [0.05, 0.1) is 0 Å². The lowest BCUT2D eigenvalue weighted by molar-refractivity contribution is -0.117. The average Bonchev–Trinajstić information content (AvgIpc) is 2.97. The van der Waals surface area contributed by atoms with E-state index in [0.29, 0.717) is 11.5 Å². The Kier molecular flexibility index (Phi) is 4.88. The van der Waals surface area contributed by atoms with Gasteiger partial charge in [0.15, 0.2) is 0 Å². The molecule has 5 heteroatoms. The summed E-state index contributed by atoms with van der Waals surface area (Å²) in [6.45, 7) is 0. The highest BCUT2D eigenvalue weighted by Gasteiger charge is 2.11. The van der Waals surface area contributed by atoms with Crippen molar-refractivity contribution in [2.75, 3.05) is 5.75 Å². The molecule has 0 aliphatic carbocycles. The number of carbonyl (C=O) groups excluding carboxylic acids is 1. The fourth-order valence-corrected chi connectivity index (χ4v) is 4.76. The Morgan fingerprint density at radius 1 is 1.09 bits per heavy atom. The lowest BCUT2D eigenvalue weighted by Gasteiger charge is -2.07. The maximum atomic E-state index is 12.2. The van der Waals surface area contributed by atoms with E-state index < -0.39 is 16.7 Å². The van der Waals surface area contributed by atoms with Crippen LogP contribution in [0.15, 0.2) is 54.6 Å². The van der Waals surface area contributed by atoms with Crippen LogP contribution in [0.4, 0.5) is 0 Å². The molecule has 1 amide bonds. The van der Waals surface area contributed by atoms with Crippen LogP contribution in [0.2, 0.25) is 0 Å². The van der Waals surface area contributed by atoms with Gasteiger partial charge in [-0.05, 0) is 28.6 Å². The summed E-state index contributed by atoms with van der Waals surface area (Å²) in [7, 11) is -1.09. The van der Waals surface area contributed by atoms with E-state index in [4.69, 9.17) is 5.73 Å². The van der Waals surface area contributed by atoms with Crippen molar-refractivity contribution in [3.05, 3.63) is 60.2 Å². The molecule has 2 aromatic carbocycles. The molecule has 0 aliphatic rings. The number of hydrogen-bond donors (Lipinski definition) is 1. The summed E-state index contributed by atoms with van der Waals surface area (Å²) in [5.41, 5.74) is 7.28. The molecule has 0 aliphatic heterocycles. The van der Waals surface area contributed by atoms with E-state index in [0.717, 1.165) is 11.1 Å². The Labute approximate surface area is 141 Å². The van der Waals surface area contributed by atoms with E-state index in [-0.39, 0.29) is 6.42 Å². The first-order chi connectivity index (χ1) is 11.1. The summed E-state index contributed by atoms with van der Waals surface area (Å²) in [5.74, 6) is 0.351. The highest BCUT2D eigenvalue weighted by Crippen LogP contribution is 2.35. The first kappa shape index (κ1) is 15.9. The van der Waals surface area contributed by atoms with Crippen molar-refractivity contribution in [3.63, 3.8) is 0 Å². The lowest BCUT2D eigenvalue weighted by Crippen LogP contribution is -2.15. The van der Waals surface area contributed by atoms with Crippen LogP contribution in [-0.2, 0) is 21.3 Å². The minimum absolute atomic E-state index is 0.164. The summed E-state index contributed by atoms with van der Waals surface area (Å²) in [6.07, 6.45) is 0.164. The zero-order valence-corrected chi connectivity index (χ0v) is 14.2. The van der Waals surface area contributed by atoms with Crippen LogP contribution in [0, 0.1) is 0 Å². The van der Waals surface area contributed by atoms with Gasteiger partial charge in [0.2, 0.25) is 5.91 Å². The van der Waals surface area contributed by atoms with Gasteiger partial charge in [-0.1, -0.05) is 42.5 Å². The van der Waals surface area contributed by atoms with Gasteiger partial charge in [0.1, 0.15) is 0 Å². The minimum Gasteiger partial charge on any atom is -0.370 e. The molecular weight excluding hydrogens is 326 g/mol. The largest absolute Gasteiger partial charge is 0.370 e. The molecule has 2 N–H and O–H groups in total. The number of rotatable bonds is 6. The Balaban J connectivity index is 1.88. The van der Waals surface area contributed by atoms with Crippen molar-refractivity contribution < 1.29 is 9.00 Å². The highest BCUT2D eigenvalue weighted by atomic mass is 32.2. The zero-order valence-electron chi connectivity index (χ0n) is 12.5. The third-order valence-electron chi connectivity index (χ3n) is 3.60. The molecule has 1 heterocycles. The van der Waals surface area contributed by atoms with E-state index in [1.54, 1.807) is 11.3 Å². The van der Waals surface area contributed by atoms with Gasteiger partial charge in [-0.2, -0.15) is 0 Å². The van der Waals surface area contributed by atoms with Crippen molar-refractivity contribution in [1.82, 2.24) is 0 Å². The molecule has 0 saturated heterocycles. The third-order valence-corrected chi connectivity index (χ3v) is 6.04.